The van der Waals surface area contributed by atoms with Crippen molar-refractivity contribution in [1.82, 2.24) is 5.32 Å². The van der Waals surface area contributed by atoms with Crippen LogP contribution in [0.1, 0.15) is 24.6 Å². The molecule has 0 saturated heterocycles. The highest BCUT2D eigenvalue weighted by atomic mass is 35.5. The molecule has 2 N–H and O–H groups in total. The summed E-state index contributed by atoms with van der Waals surface area (Å²) in [5, 5.41) is 11.2. The van der Waals surface area contributed by atoms with Gasteiger partial charge in [-0.3, -0.25) is 9.59 Å². The average molecular weight is 276 g/mol. The average Bonchev–Trinajstić information content (AvgIpc) is 2.59. The first-order valence-electron chi connectivity index (χ1n) is 5.22. The van der Waals surface area contributed by atoms with E-state index in [9.17, 15) is 9.59 Å². The SMILES string of the molecule is CC(CC(=O)O)NC(=O)CCc1ccc(Cl)s1. The second kappa shape index (κ2) is 6.61. The van der Waals surface area contributed by atoms with Gasteiger partial charge in [0.25, 0.3) is 0 Å². The summed E-state index contributed by atoms with van der Waals surface area (Å²) in [4.78, 5) is 22.9. The van der Waals surface area contributed by atoms with Crippen LogP contribution in [0.15, 0.2) is 12.1 Å². The normalized spacial score (nSPS) is 12.1. The molecule has 1 amide bonds. The molecule has 0 aliphatic carbocycles. The maximum Gasteiger partial charge on any atom is 0.305 e. The number of hydrogen-bond acceptors (Lipinski definition) is 3. The van der Waals surface area contributed by atoms with Gasteiger partial charge in [-0.25, -0.2) is 0 Å². The van der Waals surface area contributed by atoms with Gasteiger partial charge in [0.1, 0.15) is 0 Å². The largest absolute Gasteiger partial charge is 0.481 e. The first-order valence-corrected chi connectivity index (χ1v) is 6.42. The lowest BCUT2D eigenvalue weighted by Gasteiger charge is -2.10. The second-order valence-corrected chi connectivity index (χ2v) is 5.57. The third kappa shape index (κ3) is 5.70. The third-order valence-electron chi connectivity index (χ3n) is 2.12. The number of aryl methyl sites for hydroxylation is 1. The van der Waals surface area contributed by atoms with E-state index in [1.165, 1.54) is 11.3 Å². The summed E-state index contributed by atoms with van der Waals surface area (Å²) in [7, 11) is 0. The Balaban J connectivity index is 2.28. The summed E-state index contributed by atoms with van der Waals surface area (Å²) in [6.07, 6.45) is 0.917. The van der Waals surface area contributed by atoms with Crippen molar-refractivity contribution in [1.29, 1.82) is 0 Å². The van der Waals surface area contributed by atoms with Gasteiger partial charge in [-0.15, -0.1) is 11.3 Å². The standard InChI is InChI=1S/C11H14ClNO3S/c1-7(6-11(15)16)13-10(14)5-3-8-2-4-9(12)17-8/h2,4,7H,3,5-6H2,1H3,(H,13,14)(H,15,16). The molecule has 1 rings (SSSR count). The zero-order chi connectivity index (χ0) is 12.8. The van der Waals surface area contributed by atoms with Crippen molar-refractivity contribution < 1.29 is 14.7 Å². The van der Waals surface area contributed by atoms with Gasteiger partial charge < -0.3 is 10.4 Å². The number of hydrogen-bond donors (Lipinski definition) is 2. The van der Waals surface area contributed by atoms with Crippen LogP contribution in [-0.2, 0) is 16.0 Å². The first kappa shape index (κ1) is 14.0. The molecule has 1 heterocycles. The summed E-state index contributed by atoms with van der Waals surface area (Å²) >= 11 is 7.22. The minimum Gasteiger partial charge on any atom is -0.481 e. The van der Waals surface area contributed by atoms with Gasteiger partial charge in [-0.2, -0.15) is 0 Å². The Hall–Kier alpha value is -1.07. The summed E-state index contributed by atoms with van der Waals surface area (Å²) in [5.41, 5.74) is 0. The molecular weight excluding hydrogens is 262 g/mol. The number of carboxylic acids is 1. The number of rotatable bonds is 6. The molecule has 0 bridgehead atoms. The topological polar surface area (TPSA) is 66.4 Å². The molecule has 0 saturated carbocycles. The molecule has 1 aromatic heterocycles. The molecular formula is C11H14ClNO3S. The lowest BCUT2D eigenvalue weighted by atomic mass is 10.2. The van der Waals surface area contributed by atoms with Crippen LogP contribution in [-0.4, -0.2) is 23.0 Å². The van der Waals surface area contributed by atoms with E-state index in [4.69, 9.17) is 16.7 Å². The Labute approximate surface area is 109 Å². The molecule has 0 fully saturated rings. The van der Waals surface area contributed by atoms with E-state index in [1.807, 2.05) is 6.07 Å². The molecule has 6 heteroatoms. The smallest absolute Gasteiger partial charge is 0.305 e. The van der Waals surface area contributed by atoms with Crippen LogP contribution >= 0.6 is 22.9 Å². The fourth-order valence-corrected chi connectivity index (χ4v) is 2.47. The Morgan fingerprint density at radius 2 is 2.24 bits per heavy atom. The summed E-state index contributed by atoms with van der Waals surface area (Å²) in [6, 6.07) is 3.35. The van der Waals surface area contributed by atoms with E-state index in [0.29, 0.717) is 17.2 Å². The van der Waals surface area contributed by atoms with Crippen LogP contribution in [0.3, 0.4) is 0 Å². The lowest BCUT2D eigenvalue weighted by Crippen LogP contribution is -2.34. The van der Waals surface area contributed by atoms with Crippen molar-refractivity contribution in [2.45, 2.75) is 32.2 Å². The van der Waals surface area contributed by atoms with Gasteiger partial charge in [0.15, 0.2) is 0 Å². The molecule has 1 unspecified atom stereocenters. The Morgan fingerprint density at radius 1 is 1.53 bits per heavy atom. The lowest BCUT2D eigenvalue weighted by molar-refractivity contribution is -0.137. The molecule has 1 atom stereocenters. The van der Waals surface area contributed by atoms with Gasteiger partial charge in [0.05, 0.1) is 10.8 Å². The molecule has 17 heavy (non-hydrogen) atoms. The van der Waals surface area contributed by atoms with E-state index in [2.05, 4.69) is 5.32 Å². The van der Waals surface area contributed by atoms with Crippen LogP contribution < -0.4 is 5.32 Å². The van der Waals surface area contributed by atoms with Gasteiger partial charge in [0, 0.05) is 17.3 Å². The highest BCUT2D eigenvalue weighted by Gasteiger charge is 2.11. The molecule has 94 valence electrons. The van der Waals surface area contributed by atoms with E-state index in [-0.39, 0.29) is 18.4 Å². The van der Waals surface area contributed by atoms with Gasteiger partial charge in [-0.1, -0.05) is 11.6 Å². The van der Waals surface area contributed by atoms with E-state index in [1.54, 1.807) is 13.0 Å². The van der Waals surface area contributed by atoms with Crippen molar-refractivity contribution in [3.05, 3.63) is 21.3 Å². The van der Waals surface area contributed by atoms with Crippen LogP contribution in [0.4, 0.5) is 0 Å². The van der Waals surface area contributed by atoms with Gasteiger partial charge in [-0.05, 0) is 25.5 Å². The summed E-state index contributed by atoms with van der Waals surface area (Å²) in [5.74, 6) is -1.05. The van der Waals surface area contributed by atoms with Crippen molar-refractivity contribution in [2.24, 2.45) is 0 Å². The number of aliphatic carboxylic acids is 1. The Bertz CT molecular complexity index is 405. The zero-order valence-corrected chi connectivity index (χ0v) is 11.0. The molecule has 1 aromatic rings. The number of amides is 1. The number of carboxylic acid groups (broad SMARTS) is 1. The van der Waals surface area contributed by atoms with Crippen molar-refractivity contribution in [2.75, 3.05) is 0 Å². The quantitative estimate of drug-likeness (QED) is 0.837. The summed E-state index contributed by atoms with van der Waals surface area (Å²) in [6.45, 7) is 1.67. The number of carbonyl (C=O) groups is 2. The third-order valence-corrected chi connectivity index (χ3v) is 3.41. The second-order valence-electron chi connectivity index (χ2n) is 3.77. The number of nitrogens with one attached hydrogen (secondary N) is 1. The van der Waals surface area contributed by atoms with Gasteiger partial charge >= 0.3 is 5.97 Å². The molecule has 0 aliphatic heterocycles. The van der Waals surface area contributed by atoms with Crippen molar-refractivity contribution in [3.63, 3.8) is 0 Å². The number of thiophene rings is 1. The minimum atomic E-state index is -0.914. The molecule has 0 aliphatic rings. The summed E-state index contributed by atoms with van der Waals surface area (Å²) < 4.78 is 0.708. The van der Waals surface area contributed by atoms with E-state index >= 15 is 0 Å². The van der Waals surface area contributed by atoms with E-state index < -0.39 is 5.97 Å². The van der Waals surface area contributed by atoms with Crippen LogP contribution in [0.25, 0.3) is 0 Å². The van der Waals surface area contributed by atoms with Crippen LogP contribution in [0.5, 0.6) is 0 Å². The molecule has 0 radical (unpaired) electrons. The zero-order valence-electron chi connectivity index (χ0n) is 9.40. The molecule has 0 spiro atoms. The maximum absolute atomic E-state index is 11.5. The molecule has 4 nitrogen and oxygen atoms in total. The number of carbonyl (C=O) groups excluding carboxylic acids is 1. The highest BCUT2D eigenvalue weighted by molar-refractivity contribution is 7.16. The predicted molar refractivity (Wildman–Crippen MR) is 67.5 cm³/mol. The van der Waals surface area contributed by atoms with Crippen molar-refractivity contribution >= 4 is 34.8 Å². The highest BCUT2D eigenvalue weighted by Crippen LogP contribution is 2.22. The minimum absolute atomic E-state index is 0.0590. The molecule has 0 aromatic carbocycles. The van der Waals surface area contributed by atoms with Crippen molar-refractivity contribution in [3.8, 4) is 0 Å². The first-order chi connectivity index (χ1) is 7.97. The number of halogens is 1. The van der Waals surface area contributed by atoms with Gasteiger partial charge in [0.2, 0.25) is 5.91 Å². The fourth-order valence-electron chi connectivity index (χ4n) is 1.38. The van der Waals surface area contributed by atoms with Crippen LogP contribution in [0.2, 0.25) is 4.34 Å². The predicted octanol–water partition coefficient (Wildman–Crippen LogP) is 2.31. The Morgan fingerprint density at radius 3 is 2.76 bits per heavy atom. The Kier molecular flexibility index (Phi) is 5.44. The van der Waals surface area contributed by atoms with Crippen LogP contribution in [0, 0.1) is 0 Å². The fraction of sp³-hybridized carbons (Fsp3) is 0.455. The monoisotopic (exact) mass is 275 g/mol. The van der Waals surface area contributed by atoms with E-state index in [0.717, 1.165) is 4.88 Å². The maximum atomic E-state index is 11.5.